The SMILES string of the molecule is COc1ccc(CC2c3ccccc3Nc3ccccc32)cc1. The lowest BCUT2D eigenvalue weighted by molar-refractivity contribution is 0.414. The Kier molecular flexibility index (Phi) is 3.51. The molecule has 0 amide bonds. The van der Waals surface area contributed by atoms with Crippen LogP contribution in [0.3, 0.4) is 0 Å². The Hall–Kier alpha value is -2.74. The van der Waals surface area contributed by atoms with Gasteiger partial charge in [0.2, 0.25) is 0 Å². The summed E-state index contributed by atoms with van der Waals surface area (Å²) in [5.41, 5.74) is 6.47. The number of benzene rings is 3. The lowest BCUT2D eigenvalue weighted by Crippen LogP contribution is -2.14. The van der Waals surface area contributed by atoms with Gasteiger partial charge in [0.15, 0.2) is 0 Å². The first-order chi connectivity index (χ1) is 11.3. The summed E-state index contributed by atoms with van der Waals surface area (Å²) in [5.74, 6) is 1.27. The van der Waals surface area contributed by atoms with Crippen molar-refractivity contribution in [1.29, 1.82) is 0 Å². The normalized spacial score (nSPS) is 12.9. The fraction of sp³-hybridized carbons (Fsp3) is 0.143. The minimum atomic E-state index is 0.372. The summed E-state index contributed by atoms with van der Waals surface area (Å²) in [6, 6.07) is 25.6. The van der Waals surface area contributed by atoms with Crippen molar-refractivity contribution in [2.75, 3.05) is 12.4 Å². The molecule has 1 N–H and O–H groups in total. The average Bonchev–Trinajstić information content (AvgIpc) is 2.62. The largest absolute Gasteiger partial charge is 0.497 e. The Morgan fingerprint density at radius 1 is 0.783 bits per heavy atom. The summed E-state index contributed by atoms with van der Waals surface area (Å²) >= 11 is 0. The standard InChI is InChI=1S/C21H19NO/c1-23-16-12-10-15(11-13-16)14-19-17-6-2-4-8-20(17)22-21-9-5-3-7-18(19)21/h2-13,19,22H,14H2,1H3. The molecule has 23 heavy (non-hydrogen) atoms. The van der Waals surface area contributed by atoms with Crippen molar-refractivity contribution >= 4 is 11.4 Å². The second-order valence-corrected chi connectivity index (χ2v) is 5.90. The number of fused-ring (bicyclic) bond motifs is 2. The smallest absolute Gasteiger partial charge is 0.118 e. The summed E-state index contributed by atoms with van der Waals surface area (Å²) in [6.07, 6.45) is 0.986. The number of nitrogens with one attached hydrogen (secondary N) is 1. The van der Waals surface area contributed by atoms with E-state index in [2.05, 4.69) is 66.0 Å². The number of para-hydroxylation sites is 2. The van der Waals surface area contributed by atoms with Gasteiger partial charge in [0, 0.05) is 17.3 Å². The van der Waals surface area contributed by atoms with Crippen molar-refractivity contribution in [3.8, 4) is 5.75 Å². The molecule has 3 aromatic rings. The Bertz CT molecular complexity index is 778. The molecule has 4 rings (SSSR count). The molecule has 0 bridgehead atoms. The zero-order valence-electron chi connectivity index (χ0n) is 13.1. The fourth-order valence-corrected chi connectivity index (χ4v) is 3.36. The topological polar surface area (TPSA) is 21.3 Å². The predicted octanol–water partition coefficient (Wildman–Crippen LogP) is 5.13. The Balaban J connectivity index is 1.74. The summed E-state index contributed by atoms with van der Waals surface area (Å²) in [5, 5.41) is 3.55. The molecule has 0 atom stereocenters. The number of hydrogen-bond donors (Lipinski definition) is 1. The summed E-state index contributed by atoms with van der Waals surface area (Å²) in [6.45, 7) is 0. The van der Waals surface area contributed by atoms with E-state index in [-0.39, 0.29) is 0 Å². The first-order valence-electron chi connectivity index (χ1n) is 7.93. The molecule has 0 unspecified atom stereocenters. The van der Waals surface area contributed by atoms with E-state index in [1.165, 1.54) is 28.1 Å². The summed E-state index contributed by atoms with van der Waals surface area (Å²) in [4.78, 5) is 0. The zero-order chi connectivity index (χ0) is 15.6. The molecule has 1 heterocycles. The van der Waals surface area contributed by atoms with Crippen LogP contribution >= 0.6 is 0 Å². The van der Waals surface area contributed by atoms with Crippen molar-refractivity contribution in [3.63, 3.8) is 0 Å². The van der Waals surface area contributed by atoms with Gasteiger partial charge in [-0.25, -0.2) is 0 Å². The van der Waals surface area contributed by atoms with Crippen LogP contribution in [0.15, 0.2) is 72.8 Å². The van der Waals surface area contributed by atoms with Crippen LogP contribution in [0.2, 0.25) is 0 Å². The molecule has 0 saturated carbocycles. The summed E-state index contributed by atoms with van der Waals surface area (Å²) in [7, 11) is 1.70. The molecular formula is C21H19NO. The van der Waals surface area contributed by atoms with Crippen LogP contribution in [-0.2, 0) is 6.42 Å². The van der Waals surface area contributed by atoms with E-state index in [1.54, 1.807) is 7.11 Å². The molecule has 1 aliphatic rings. The molecule has 0 spiro atoms. The van der Waals surface area contributed by atoms with Gasteiger partial charge in [-0.2, -0.15) is 0 Å². The zero-order valence-corrected chi connectivity index (χ0v) is 13.1. The third-order valence-electron chi connectivity index (χ3n) is 4.54. The van der Waals surface area contributed by atoms with Crippen molar-refractivity contribution in [2.24, 2.45) is 0 Å². The van der Waals surface area contributed by atoms with Crippen LogP contribution in [-0.4, -0.2) is 7.11 Å². The minimum absolute atomic E-state index is 0.372. The molecule has 2 heteroatoms. The lowest BCUT2D eigenvalue weighted by Gasteiger charge is -2.29. The van der Waals surface area contributed by atoms with Crippen LogP contribution < -0.4 is 10.1 Å². The Morgan fingerprint density at radius 2 is 1.35 bits per heavy atom. The highest BCUT2D eigenvalue weighted by molar-refractivity contribution is 5.73. The van der Waals surface area contributed by atoms with Gasteiger partial charge in [0.1, 0.15) is 5.75 Å². The first kappa shape index (κ1) is 13.9. The average molecular weight is 301 g/mol. The van der Waals surface area contributed by atoms with E-state index < -0.39 is 0 Å². The third-order valence-corrected chi connectivity index (χ3v) is 4.54. The van der Waals surface area contributed by atoms with Gasteiger partial charge in [-0.15, -0.1) is 0 Å². The maximum atomic E-state index is 5.26. The molecule has 114 valence electrons. The number of methoxy groups -OCH3 is 1. The fourth-order valence-electron chi connectivity index (χ4n) is 3.36. The Morgan fingerprint density at radius 3 is 1.91 bits per heavy atom. The summed E-state index contributed by atoms with van der Waals surface area (Å²) < 4.78 is 5.26. The van der Waals surface area contributed by atoms with E-state index in [0.717, 1.165) is 12.2 Å². The van der Waals surface area contributed by atoms with Gasteiger partial charge >= 0.3 is 0 Å². The molecule has 0 aliphatic carbocycles. The maximum absolute atomic E-state index is 5.26. The van der Waals surface area contributed by atoms with Gasteiger partial charge in [0.25, 0.3) is 0 Å². The number of hydrogen-bond acceptors (Lipinski definition) is 2. The lowest BCUT2D eigenvalue weighted by atomic mass is 9.82. The van der Waals surface area contributed by atoms with Crippen LogP contribution in [0, 0.1) is 0 Å². The van der Waals surface area contributed by atoms with Crippen molar-refractivity contribution < 1.29 is 4.74 Å². The van der Waals surface area contributed by atoms with E-state index in [0.29, 0.717) is 5.92 Å². The third kappa shape index (κ3) is 2.57. The highest BCUT2D eigenvalue weighted by atomic mass is 16.5. The quantitative estimate of drug-likeness (QED) is 0.724. The predicted molar refractivity (Wildman–Crippen MR) is 94.7 cm³/mol. The van der Waals surface area contributed by atoms with E-state index in [4.69, 9.17) is 4.74 Å². The van der Waals surface area contributed by atoms with Gasteiger partial charge in [-0.05, 0) is 47.4 Å². The van der Waals surface area contributed by atoms with Gasteiger partial charge in [-0.1, -0.05) is 48.5 Å². The highest BCUT2D eigenvalue weighted by Crippen LogP contribution is 2.42. The molecule has 0 aromatic heterocycles. The second-order valence-electron chi connectivity index (χ2n) is 5.90. The number of ether oxygens (including phenoxy) is 1. The van der Waals surface area contributed by atoms with Gasteiger partial charge in [-0.3, -0.25) is 0 Å². The van der Waals surface area contributed by atoms with Crippen LogP contribution in [0.4, 0.5) is 11.4 Å². The molecular weight excluding hydrogens is 282 g/mol. The highest BCUT2D eigenvalue weighted by Gasteiger charge is 2.24. The van der Waals surface area contributed by atoms with Gasteiger partial charge in [0.05, 0.1) is 7.11 Å². The van der Waals surface area contributed by atoms with Crippen LogP contribution in [0.1, 0.15) is 22.6 Å². The number of anilines is 2. The monoisotopic (exact) mass is 301 g/mol. The van der Waals surface area contributed by atoms with Crippen molar-refractivity contribution in [2.45, 2.75) is 12.3 Å². The van der Waals surface area contributed by atoms with E-state index in [9.17, 15) is 0 Å². The van der Waals surface area contributed by atoms with Crippen molar-refractivity contribution in [3.05, 3.63) is 89.5 Å². The molecule has 3 aromatic carbocycles. The molecule has 0 saturated heterocycles. The maximum Gasteiger partial charge on any atom is 0.118 e. The van der Waals surface area contributed by atoms with Crippen LogP contribution in [0.5, 0.6) is 5.75 Å². The first-order valence-corrected chi connectivity index (χ1v) is 7.93. The number of rotatable bonds is 3. The van der Waals surface area contributed by atoms with Crippen LogP contribution in [0.25, 0.3) is 0 Å². The molecule has 1 aliphatic heterocycles. The van der Waals surface area contributed by atoms with E-state index >= 15 is 0 Å². The minimum Gasteiger partial charge on any atom is -0.497 e. The second kappa shape index (κ2) is 5.81. The van der Waals surface area contributed by atoms with E-state index in [1.807, 2.05) is 12.1 Å². The van der Waals surface area contributed by atoms with Crippen molar-refractivity contribution in [1.82, 2.24) is 0 Å². The molecule has 0 radical (unpaired) electrons. The molecule has 2 nitrogen and oxygen atoms in total. The Labute approximate surface area is 136 Å². The molecule has 0 fully saturated rings. The van der Waals surface area contributed by atoms with Gasteiger partial charge < -0.3 is 10.1 Å².